The Balaban J connectivity index is 0.000000277. The number of rotatable bonds is 0. The summed E-state index contributed by atoms with van der Waals surface area (Å²) in [6, 6.07) is 0. The van der Waals surface area contributed by atoms with Gasteiger partial charge in [0.05, 0.1) is 0 Å². The summed E-state index contributed by atoms with van der Waals surface area (Å²) in [5.41, 5.74) is 2.19. The third-order valence-corrected chi connectivity index (χ3v) is 7.68. The molecule has 27 heavy (non-hydrogen) atoms. The van der Waals surface area contributed by atoms with E-state index in [1.54, 1.807) is 0 Å². The Morgan fingerprint density at radius 2 is 1.00 bits per heavy atom. The molecule has 0 aromatic heterocycles. The van der Waals surface area contributed by atoms with Crippen molar-refractivity contribution >= 4 is 0 Å². The fraction of sp³-hybridized carbons (Fsp3) is 1.00. The van der Waals surface area contributed by atoms with E-state index in [0.717, 1.165) is 5.92 Å². The molecule has 2 fully saturated rings. The van der Waals surface area contributed by atoms with Crippen LogP contribution in [0.3, 0.4) is 0 Å². The Labute approximate surface area is 172 Å². The minimum absolute atomic E-state index is 0.346. The minimum Gasteiger partial charge on any atom is -0.298 e. The normalized spacial score (nSPS) is 23.4. The molecule has 0 bridgehead atoms. The third-order valence-electron chi connectivity index (χ3n) is 7.68. The summed E-state index contributed by atoms with van der Waals surface area (Å²) in [5, 5.41) is 0. The van der Waals surface area contributed by atoms with E-state index in [4.69, 9.17) is 0 Å². The van der Waals surface area contributed by atoms with Crippen LogP contribution in [0.2, 0.25) is 0 Å². The van der Waals surface area contributed by atoms with Crippen molar-refractivity contribution in [2.24, 2.45) is 22.2 Å². The zero-order valence-corrected chi connectivity index (χ0v) is 21.2. The van der Waals surface area contributed by atoms with E-state index in [1.807, 2.05) is 0 Å². The molecule has 2 rings (SSSR count). The number of nitrogens with zero attached hydrogens (tertiary/aromatic N) is 2. The van der Waals surface area contributed by atoms with E-state index in [2.05, 4.69) is 99.8 Å². The highest BCUT2D eigenvalue weighted by molar-refractivity contribution is 4.94. The van der Waals surface area contributed by atoms with Gasteiger partial charge < -0.3 is 0 Å². The van der Waals surface area contributed by atoms with Gasteiger partial charge in [0.15, 0.2) is 0 Å². The summed E-state index contributed by atoms with van der Waals surface area (Å²) in [6.45, 7) is 35.6. The van der Waals surface area contributed by atoms with Crippen LogP contribution in [0, 0.1) is 22.2 Å². The first-order chi connectivity index (χ1) is 11.8. The number of hydrogen-bond acceptors (Lipinski definition) is 2. The first kappa shape index (κ1) is 25.0. The summed E-state index contributed by atoms with van der Waals surface area (Å²) >= 11 is 0. The van der Waals surface area contributed by atoms with Crippen LogP contribution in [-0.2, 0) is 0 Å². The molecule has 0 radical (unpaired) electrons. The summed E-state index contributed by atoms with van der Waals surface area (Å²) in [7, 11) is 0. The van der Waals surface area contributed by atoms with Crippen molar-refractivity contribution in [3.8, 4) is 0 Å². The quantitative estimate of drug-likeness (QED) is 0.461. The van der Waals surface area contributed by atoms with E-state index in [1.165, 1.54) is 39.0 Å². The zero-order chi connectivity index (χ0) is 21.5. The van der Waals surface area contributed by atoms with Crippen molar-refractivity contribution < 1.29 is 0 Å². The lowest BCUT2D eigenvalue weighted by Gasteiger charge is -2.52. The predicted molar refractivity (Wildman–Crippen MR) is 122 cm³/mol. The molecule has 2 heterocycles. The van der Waals surface area contributed by atoms with Crippen molar-refractivity contribution in [3.63, 3.8) is 0 Å². The zero-order valence-electron chi connectivity index (χ0n) is 21.2. The highest BCUT2D eigenvalue weighted by Gasteiger charge is 2.41. The van der Waals surface area contributed by atoms with Gasteiger partial charge >= 0.3 is 0 Å². The van der Waals surface area contributed by atoms with Crippen molar-refractivity contribution in [3.05, 3.63) is 0 Å². The predicted octanol–water partition coefficient (Wildman–Crippen LogP) is 6.70. The molecule has 0 spiro atoms. The van der Waals surface area contributed by atoms with Gasteiger partial charge in [0.2, 0.25) is 0 Å². The molecule has 2 nitrogen and oxygen atoms in total. The summed E-state index contributed by atoms with van der Waals surface area (Å²) in [5.74, 6) is 0.900. The second-order valence-corrected chi connectivity index (χ2v) is 13.6. The molecule has 0 amide bonds. The summed E-state index contributed by atoms with van der Waals surface area (Å²) in [6.07, 6.45) is 2.68. The van der Waals surface area contributed by atoms with Crippen LogP contribution in [0.25, 0.3) is 0 Å². The summed E-state index contributed by atoms with van der Waals surface area (Å²) in [4.78, 5) is 5.18. The van der Waals surface area contributed by atoms with Crippen LogP contribution < -0.4 is 0 Å². The van der Waals surface area contributed by atoms with E-state index in [0.29, 0.717) is 27.3 Å². The molecule has 162 valence electrons. The van der Waals surface area contributed by atoms with Crippen LogP contribution in [0.5, 0.6) is 0 Å². The standard InChI is InChI=1S/C14H29N.C11H23N/c1-12(2,3)14(7)8-10-15(11-9-14)13(4,5)6;1-10(2,3)9-7-12(8-9)11(4,5)6/h8-11H2,1-7H3;9H,7-8H2,1-6H3. The largest absolute Gasteiger partial charge is 0.298 e. The van der Waals surface area contributed by atoms with E-state index in [9.17, 15) is 0 Å². The number of piperidine rings is 1. The molecule has 0 atom stereocenters. The van der Waals surface area contributed by atoms with Crippen LogP contribution in [0.15, 0.2) is 0 Å². The van der Waals surface area contributed by atoms with Crippen molar-refractivity contribution in [1.82, 2.24) is 9.80 Å². The fourth-order valence-electron chi connectivity index (χ4n) is 4.00. The lowest BCUT2D eigenvalue weighted by Crippen LogP contribution is -2.59. The van der Waals surface area contributed by atoms with E-state index in [-0.39, 0.29) is 0 Å². The topological polar surface area (TPSA) is 6.48 Å². The molecule has 2 aliphatic heterocycles. The van der Waals surface area contributed by atoms with Gasteiger partial charge in [-0.2, -0.15) is 0 Å². The number of likely N-dealkylation sites (tertiary alicyclic amines) is 2. The maximum atomic E-state index is 2.63. The Bertz CT molecular complexity index is 433. The molecule has 0 unspecified atom stereocenters. The molecule has 0 aromatic rings. The Morgan fingerprint density at radius 3 is 1.26 bits per heavy atom. The van der Waals surface area contributed by atoms with Gasteiger partial charge in [0.25, 0.3) is 0 Å². The van der Waals surface area contributed by atoms with Crippen molar-refractivity contribution in [2.45, 2.75) is 114 Å². The second kappa shape index (κ2) is 7.98. The van der Waals surface area contributed by atoms with Gasteiger partial charge in [-0.1, -0.05) is 48.5 Å². The molecular weight excluding hydrogens is 328 g/mol. The van der Waals surface area contributed by atoms with Crippen LogP contribution >= 0.6 is 0 Å². The molecular formula is C25H52N2. The molecule has 0 saturated carbocycles. The average Bonchev–Trinajstić information content (AvgIpc) is 2.31. The molecule has 2 aliphatic rings. The second-order valence-electron chi connectivity index (χ2n) is 13.6. The third kappa shape index (κ3) is 6.74. The molecule has 2 heteroatoms. The van der Waals surface area contributed by atoms with Gasteiger partial charge in [0, 0.05) is 24.2 Å². The Hall–Kier alpha value is -0.0800. The fourth-order valence-corrected chi connectivity index (χ4v) is 4.00. The lowest BCUT2D eigenvalue weighted by molar-refractivity contribution is -0.0345. The van der Waals surface area contributed by atoms with Crippen LogP contribution in [-0.4, -0.2) is 47.1 Å². The maximum Gasteiger partial charge on any atom is 0.0125 e. The maximum absolute atomic E-state index is 2.63. The minimum atomic E-state index is 0.346. The smallest absolute Gasteiger partial charge is 0.0125 e. The van der Waals surface area contributed by atoms with Gasteiger partial charge in [-0.15, -0.1) is 0 Å². The molecule has 2 saturated heterocycles. The Morgan fingerprint density at radius 1 is 0.630 bits per heavy atom. The van der Waals surface area contributed by atoms with E-state index < -0.39 is 0 Å². The lowest BCUT2D eigenvalue weighted by atomic mass is 9.62. The SMILES string of the molecule is CC(C)(C)C1CN(C(C)(C)C)C1.CC(C)(C)N1CCC(C)(C(C)(C)C)CC1. The first-order valence-corrected chi connectivity index (χ1v) is 11.3. The molecule has 0 aromatic carbocycles. The highest BCUT2D eigenvalue weighted by atomic mass is 15.2. The van der Waals surface area contributed by atoms with Gasteiger partial charge in [0.1, 0.15) is 0 Å². The van der Waals surface area contributed by atoms with Crippen LogP contribution in [0.1, 0.15) is 103 Å². The van der Waals surface area contributed by atoms with Crippen molar-refractivity contribution in [1.29, 1.82) is 0 Å². The molecule has 0 aliphatic carbocycles. The van der Waals surface area contributed by atoms with Crippen molar-refractivity contribution in [2.75, 3.05) is 26.2 Å². The van der Waals surface area contributed by atoms with Crippen LogP contribution in [0.4, 0.5) is 0 Å². The van der Waals surface area contributed by atoms with Gasteiger partial charge in [-0.3, -0.25) is 9.80 Å². The molecule has 0 N–H and O–H groups in total. The summed E-state index contributed by atoms with van der Waals surface area (Å²) < 4.78 is 0. The number of hydrogen-bond donors (Lipinski definition) is 0. The van der Waals surface area contributed by atoms with Gasteiger partial charge in [-0.25, -0.2) is 0 Å². The van der Waals surface area contributed by atoms with Gasteiger partial charge in [-0.05, 0) is 89.6 Å². The monoisotopic (exact) mass is 380 g/mol. The Kier molecular flexibility index (Phi) is 7.37. The first-order valence-electron chi connectivity index (χ1n) is 11.3. The highest BCUT2D eigenvalue weighted by Crippen LogP contribution is 2.47. The van der Waals surface area contributed by atoms with E-state index >= 15 is 0 Å². The average molecular weight is 381 g/mol.